The molecular weight excluding hydrogens is 382 g/mol. The number of amides is 1. The van der Waals surface area contributed by atoms with Crippen LogP contribution in [0.2, 0.25) is 0 Å². The van der Waals surface area contributed by atoms with E-state index in [0.717, 1.165) is 11.3 Å². The second kappa shape index (κ2) is 9.65. The molecule has 2 aromatic rings. The summed E-state index contributed by atoms with van der Waals surface area (Å²) >= 11 is 0. The van der Waals surface area contributed by atoms with Gasteiger partial charge < -0.3 is 19.1 Å². The molecule has 0 saturated carbocycles. The van der Waals surface area contributed by atoms with Crippen LogP contribution in [0.15, 0.2) is 48.5 Å². The van der Waals surface area contributed by atoms with Crippen LogP contribution in [0, 0.1) is 5.41 Å². The number of benzene rings is 2. The fourth-order valence-corrected chi connectivity index (χ4v) is 4.00. The van der Waals surface area contributed by atoms with Crippen molar-refractivity contribution in [2.45, 2.75) is 26.2 Å². The van der Waals surface area contributed by atoms with Crippen molar-refractivity contribution in [3.05, 3.63) is 59.7 Å². The first-order chi connectivity index (χ1) is 14.5. The first-order valence-corrected chi connectivity index (χ1v) is 10.3. The van der Waals surface area contributed by atoms with Crippen molar-refractivity contribution in [3.8, 4) is 11.5 Å². The quantitative estimate of drug-likeness (QED) is 0.650. The van der Waals surface area contributed by atoms with E-state index >= 15 is 0 Å². The summed E-state index contributed by atoms with van der Waals surface area (Å²) in [6, 6.07) is 15.0. The van der Waals surface area contributed by atoms with E-state index < -0.39 is 5.41 Å². The van der Waals surface area contributed by atoms with Crippen LogP contribution in [-0.2, 0) is 16.0 Å². The minimum atomic E-state index is -0.637. The molecule has 160 valence electrons. The van der Waals surface area contributed by atoms with E-state index in [1.807, 2.05) is 43.3 Å². The number of rotatable bonds is 7. The molecule has 0 radical (unpaired) electrons. The summed E-state index contributed by atoms with van der Waals surface area (Å²) in [5.41, 5.74) is 0.953. The van der Waals surface area contributed by atoms with Gasteiger partial charge in [-0.05, 0) is 56.0 Å². The normalized spacial score (nSPS) is 15.4. The van der Waals surface area contributed by atoms with Crippen molar-refractivity contribution in [3.63, 3.8) is 0 Å². The SMILES string of the molecule is CCOC(=O)C1(Cc2ccc(OC)cc2)CCN(C(=O)c2ccccc2OC)CC1. The molecule has 0 unspecified atom stereocenters. The van der Waals surface area contributed by atoms with Gasteiger partial charge >= 0.3 is 5.97 Å². The number of likely N-dealkylation sites (tertiary alicyclic amines) is 1. The third kappa shape index (κ3) is 4.58. The van der Waals surface area contributed by atoms with E-state index in [2.05, 4.69) is 0 Å². The Balaban J connectivity index is 1.77. The zero-order valence-corrected chi connectivity index (χ0v) is 17.8. The predicted octanol–water partition coefficient (Wildman–Crippen LogP) is 3.73. The number of carbonyl (C=O) groups excluding carboxylic acids is 2. The fraction of sp³-hybridized carbons (Fsp3) is 0.417. The maximum atomic E-state index is 13.0. The standard InChI is InChI=1S/C24H29NO5/c1-4-30-23(27)24(17-18-9-11-19(28-2)12-10-18)13-15-25(16-14-24)22(26)20-7-5-6-8-21(20)29-3/h5-12H,4,13-17H2,1-3H3. The van der Waals surface area contributed by atoms with E-state index in [1.54, 1.807) is 31.3 Å². The Morgan fingerprint density at radius 2 is 1.63 bits per heavy atom. The Morgan fingerprint density at radius 3 is 2.23 bits per heavy atom. The Hall–Kier alpha value is -3.02. The van der Waals surface area contributed by atoms with Crippen LogP contribution in [-0.4, -0.2) is 50.7 Å². The summed E-state index contributed by atoms with van der Waals surface area (Å²) in [6.45, 7) is 3.14. The molecule has 0 bridgehead atoms. The topological polar surface area (TPSA) is 65.1 Å². The van der Waals surface area contributed by atoms with Crippen LogP contribution in [0.1, 0.15) is 35.7 Å². The van der Waals surface area contributed by atoms with E-state index in [0.29, 0.717) is 50.3 Å². The largest absolute Gasteiger partial charge is 0.497 e. The maximum Gasteiger partial charge on any atom is 0.312 e. The second-order valence-electron chi connectivity index (χ2n) is 7.52. The lowest BCUT2D eigenvalue weighted by Crippen LogP contribution is -2.48. The van der Waals surface area contributed by atoms with Gasteiger partial charge in [0.05, 0.1) is 31.8 Å². The molecular formula is C24H29NO5. The maximum absolute atomic E-state index is 13.0. The number of piperidine rings is 1. The van der Waals surface area contributed by atoms with Crippen molar-refractivity contribution in [1.82, 2.24) is 4.90 Å². The number of nitrogens with zero attached hydrogens (tertiary/aromatic N) is 1. The summed E-state index contributed by atoms with van der Waals surface area (Å²) in [5, 5.41) is 0. The van der Waals surface area contributed by atoms with Gasteiger partial charge in [-0.3, -0.25) is 9.59 Å². The second-order valence-corrected chi connectivity index (χ2v) is 7.52. The molecule has 0 spiro atoms. The number of hydrogen-bond donors (Lipinski definition) is 0. The van der Waals surface area contributed by atoms with Crippen LogP contribution in [0.5, 0.6) is 11.5 Å². The molecule has 1 saturated heterocycles. The van der Waals surface area contributed by atoms with Gasteiger partial charge in [0.25, 0.3) is 5.91 Å². The lowest BCUT2D eigenvalue weighted by Gasteiger charge is -2.40. The Kier molecular flexibility index (Phi) is 6.98. The van der Waals surface area contributed by atoms with Crippen LogP contribution < -0.4 is 9.47 Å². The molecule has 1 heterocycles. The Bertz CT molecular complexity index is 869. The van der Waals surface area contributed by atoms with Gasteiger partial charge in [-0.2, -0.15) is 0 Å². The average Bonchev–Trinajstić information content (AvgIpc) is 2.79. The molecule has 6 heteroatoms. The highest BCUT2D eigenvalue weighted by molar-refractivity contribution is 5.97. The number of carbonyl (C=O) groups is 2. The van der Waals surface area contributed by atoms with E-state index in [4.69, 9.17) is 14.2 Å². The monoisotopic (exact) mass is 411 g/mol. The summed E-state index contributed by atoms with van der Waals surface area (Å²) in [5.74, 6) is 1.07. The Morgan fingerprint density at radius 1 is 0.967 bits per heavy atom. The van der Waals surface area contributed by atoms with Crippen LogP contribution in [0.3, 0.4) is 0 Å². The van der Waals surface area contributed by atoms with E-state index in [9.17, 15) is 9.59 Å². The first kappa shape index (κ1) is 21.7. The minimum absolute atomic E-state index is 0.0747. The van der Waals surface area contributed by atoms with E-state index in [1.165, 1.54) is 0 Å². The molecule has 6 nitrogen and oxygen atoms in total. The molecule has 1 fully saturated rings. The number of hydrogen-bond acceptors (Lipinski definition) is 5. The highest BCUT2D eigenvalue weighted by Crippen LogP contribution is 2.38. The highest BCUT2D eigenvalue weighted by atomic mass is 16.5. The van der Waals surface area contributed by atoms with Crippen LogP contribution in [0.4, 0.5) is 0 Å². The molecule has 0 N–H and O–H groups in total. The van der Waals surface area contributed by atoms with Crippen LogP contribution >= 0.6 is 0 Å². The predicted molar refractivity (Wildman–Crippen MR) is 114 cm³/mol. The molecule has 1 aliphatic rings. The molecule has 1 amide bonds. The number of methoxy groups -OCH3 is 2. The summed E-state index contributed by atoms with van der Waals surface area (Å²) in [6.07, 6.45) is 1.68. The molecule has 0 aliphatic carbocycles. The minimum Gasteiger partial charge on any atom is -0.497 e. The summed E-state index contributed by atoms with van der Waals surface area (Å²) in [4.78, 5) is 27.7. The molecule has 3 rings (SSSR count). The van der Waals surface area contributed by atoms with Gasteiger partial charge in [-0.1, -0.05) is 24.3 Å². The third-order valence-corrected chi connectivity index (χ3v) is 5.76. The molecule has 2 aromatic carbocycles. The fourth-order valence-electron chi connectivity index (χ4n) is 4.00. The number of ether oxygens (including phenoxy) is 3. The van der Waals surface area contributed by atoms with Crippen molar-refractivity contribution in [1.29, 1.82) is 0 Å². The van der Waals surface area contributed by atoms with Gasteiger partial charge in [0.2, 0.25) is 0 Å². The first-order valence-electron chi connectivity index (χ1n) is 10.3. The van der Waals surface area contributed by atoms with Crippen molar-refractivity contribution < 1.29 is 23.8 Å². The van der Waals surface area contributed by atoms with Crippen molar-refractivity contribution in [2.75, 3.05) is 33.9 Å². The highest BCUT2D eigenvalue weighted by Gasteiger charge is 2.43. The third-order valence-electron chi connectivity index (χ3n) is 5.76. The van der Waals surface area contributed by atoms with Gasteiger partial charge in [-0.25, -0.2) is 0 Å². The van der Waals surface area contributed by atoms with Gasteiger partial charge in [0.15, 0.2) is 0 Å². The zero-order chi connectivity index (χ0) is 21.6. The Labute approximate surface area is 177 Å². The van der Waals surface area contributed by atoms with Crippen LogP contribution in [0.25, 0.3) is 0 Å². The molecule has 30 heavy (non-hydrogen) atoms. The van der Waals surface area contributed by atoms with Crippen molar-refractivity contribution in [2.24, 2.45) is 5.41 Å². The molecule has 0 atom stereocenters. The summed E-state index contributed by atoms with van der Waals surface area (Å²) < 4.78 is 16.0. The van der Waals surface area contributed by atoms with Gasteiger partial charge in [-0.15, -0.1) is 0 Å². The zero-order valence-electron chi connectivity index (χ0n) is 17.8. The van der Waals surface area contributed by atoms with Gasteiger partial charge in [0.1, 0.15) is 11.5 Å². The molecule has 1 aliphatic heterocycles. The van der Waals surface area contributed by atoms with E-state index in [-0.39, 0.29) is 11.9 Å². The average molecular weight is 411 g/mol. The summed E-state index contributed by atoms with van der Waals surface area (Å²) in [7, 11) is 3.19. The number of para-hydroxylation sites is 1. The van der Waals surface area contributed by atoms with Gasteiger partial charge in [0, 0.05) is 13.1 Å². The number of esters is 1. The lowest BCUT2D eigenvalue weighted by molar-refractivity contribution is -0.158. The molecule has 0 aromatic heterocycles. The smallest absolute Gasteiger partial charge is 0.312 e. The van der Waals surface area contributed by atoms with Crippen molar-refractivity contribution >= 4 is 11.9 Å². The lowest BCUT2D eigenvalue weighted by atomic mass is 9.73.